The summed E-state index contributed by atoms with van der Waals surface area (Å²) < 4.78 is 0.696. The summed E-state index contributed by atoms with van der Waals surface area (Å²) in [7, 11) is 0. The van der Waals surface area contributed by atoms with Crippen LogP contribution in [0.1, 0.15) is 38.1 Å². The molecule has 1 aliphatic heterocycles. The summed E-state index contributed by atoms with van der Waals surface area (Å²) in [5.41, 5.74) is 0.0869. The lowest BCUT2D eigenvalue weighted by atomic mass is 10.1. The Morgan fingerprint density at radius 2 is 2.00 bits per heavy atom. The molecule has 0 bridgehead atoms. The standard InChI is InChI=1S/C20H24N4O3S2/c1-13(2)23(14(3)4)20(28)29-18-12-21-10-6-9-17(18)22-19(25)15-7-5-8-16(11-15)24(26)27/h5-14,17H,1-4H3,(H,22,25). The summed E-state index contributed by atoms with van der Waals surface area (Å²) >= 11 is 7.03. The van der Waals surface area contributed by atoms with Crippen LogP contribution < -0.4 is 5.32 Å². The highest BCUT2D eigenvalue weighted by Gasteiger charge is 2.23. The van der Waals surface area contributed by atoms with Crippen LogP contribution in [0.2, 0.25) is 0 Å². The maximum atomic E-state index is 12.7. The van der Waals surface area contributed by atoms with Gasteiger partial charge in [-0.2, -0.15) is 0 Å². The molecule has 0 saturated heterocycles. The van der Waals surface area contributed by atoms with E-state index in [9.17, 15) is 14.9 Å². The molecule has 1 atom stereocenters. The van der Waals surface area contributed by atoms with Crippen LogP contribution in [0.15, 0.2) is 52.5 Å². The van der Waals surface area contributed by atoms with Crippen LogP contribution in [0.5, 0.6) is 0 Å². The van der Waals surface area contributed by atoms with E-state index >= 15 is 0 Å². The number of benzene rings is 1. The summed E-state index contributed by atoms with van der Waals surface area (Å²) in [4.78, 5) is 30.2. The Bertz CT molecular complexity index is 870. The van der Waals surface area contributed by atoms with Crippen LogP contribution in [0.4, 0.5) is 5.69 Å². The van der Waals surface area contributed by atoms with Crippen LogP contribution >= 0.6 is 24.0 Å². The molecule has 154 valence electrons. The zero-order valence-corrected chi connectivity index (χ0v) is 18.4. The Labute approximate surface area is 180 Å². The fraction of sp³-hybridized carbons (Fsp3) is 0.350. The number of thioether (sulfide) groups is 1. The van der Waals surface area contributed by atoms with Crippen molar-refractivity contribution in [2.75, 3.05) is 0 Å². The molecule has 1 unspecified atom stereocenters. The smallest absolute Gasteiger partial charge is 0.270 e. The van der Waals surface area contributed by atoms with E-state index in [1.807, 2.05) is 6.08 Å². The predicted octanol–water partition coefficient (Wildman–Crippen LogP) is 4.31. The molecule has 9 heteroatoms. The van der Waals surface area contributed by atoms with Crippen molar-refractivity contribution < 1.29 is 9.72 Å². The number of nitro benzene ring substituents is 1. The van der Waals surface area contributed by atoms with Gasteiger partial charge in [0.15, 0.2) is 0 Å². The summed E-state index contributed by atoms with van der Waals surface area (Å²) in [6.45, 7) is 8.31. The second kappa shape index (κ2) is 10.3. The number of carbonyl (C=O) groups is 1. The van der Waals surface area contributed by atoms with Crippen molar-refractivity contribution in [2.45, 2.75) is 45.8 Å². The molecule has 0 spiro atoms. The molecule has 1 N–H and O–H groups in total. The number of allylic oxidation sites excluding steroid dienone is 1. The first-order valence-corrected chi connectivity index (χ1v) is 10.4. The van der Waals surface area contributed by atoms with E-state index in [1.165, 1.54) is 30.0 Å². The van der Waals surface area contributed by atoms with Gasteiger partial charge in [0.1, 0.15) is 4.32 Å². The Balaban J connectivity index is 2.20. The number of hydrogen-bond acceptors (Lipinski definition) is 6. The summed E-state index contributed by atoms with van der Waals surface area (Å²) in [5.74, 6) is -0.410. The minimum atomic E-state index is -0.526. The lowest BCUT2D eigenvalue weighted by Gasteiger charge is -2.33. The van der Waals surface area contributed by atoms with Crippen LogP contribution in [-0.2, 0) is 0 Å². The molecule has 0 aromatic heterocycles. The van der Waals surface area contributed by atoms with E-state index in [4.69, 9.17) is 12.2 Å². The summed E-state index contributed by atoms with van der Waals surface area (Å²) in [6, 6.07) is 5.65. The van der Waals surface area contributed by atoms with E-state index < -0.39 is 16.9 Å². The van der Waals surface area contributed by atoms with Gasteiger partial charge in [-0.15, -0.1) is 0 Å². The predicted molar refractivity (Wildman–Crippen MR) is 122 cm³/mol. The number of nitro groups is 1. The van der Waals surface area contributed by atoms with Gasteiger partial charge in [0, 0.05) is 47.1 Å². The van der Waals surface area contributed by atoms with Crippen LogP contribution in [0, 0.1) is 10.1 Å². The number of aliphatic imine (C=N–C) groups is 1. The number of rotatable bonds is 6. The third kappa shape index (κ3) is 6.23. The maximum Gasteiger partial charge on any atom is 0.270 e. The van der Waals surface area contributed by atoms with Crippen molar-refractivity contribution in [3.8, 4) is 0 Å². The Kier molecular flexibility index (Phi) is 8.10. The third-order valence-corrected chi connectivity index (χ3v) is 5.56. The lowest BCUT2D eigenvalue weighted by molar-refractivity contribution is -0.384. The first kappa shape index (κ1) is 22.8. The zero-order valence-electron chi connectivity index (χ0n) is 16.7. The third-order valence-electron chi connectivity index (χ3n) is 4.12. The molecule has 7 nitrogen and oxygen atoms in total. The van der Waals surface area contributed by atoms with Gasteiger partial charge in [0.25, 0.3) is 11.6 Å². The van der Waals surface area contributed by atoms with Gasteiger partial charge < -0.3 is 10.2 Å². The van der Waals surface area contributed by atoms with Crippen LogP contribution in [0.25, 0.3) is 0 Å². The van der Waals surface area contributed by atoms with E-state index in [2.05, 4.69) is 42.9 Å². The average molecular weight is 433 g/mol. The van der Waals surface area contributed by atoms with E-state index in [0.717, 1.165) is 4.91 Å². The minimum absolute atomic E-state index is 0.131. The molecular weight excluding hydrogens is 408 g/mol. The van der Waals surface area contributed by atoms with Gasteiger partial charge in [0.2, 0.25) is 0 Å². The second-order valence-corrected chi connectivity index (χ2v) is 8.64. The molecule has 0 saturated carbocycles. The van der Waals surface area contributed by atoms with Crippen molar-refractivity contribution in [2.24, 2.45) is 4.99 Å². The maximum absolute atomic E-state index is 12.7. The molecule has 1 aromatic rings. The van der Waals surface area contributed by atoms with E-state index in [-0.39, 0.29) is 23.3 Å². The summed E-state index contributed by atoms with van der Waals surface area (Å²) in [6.07, 6.45) is 6.86. The molecular formula is C20H24N4O3S2. The number of nitrogens with zero attached hydrogens (tertiary/aromatic N) is 3. The first-order valence-electron chi connectivity index (χ1n) is 9.16. The van der Waals surface area contributed by atoms with Crippen molar-refractivity contribution >= 4 is 46.1 Å². The normalized spacial score (nSPS) is 15.8. The van der Waals surface area contributed by atoms with Gasteiger partial charge >= 0.3 is 0 Å². The van der Waals surface area contributed by atoms with E-state index in [0.29, 0.717) is 4.32 Å². The number of thiocarbonyl (C=S) groups is 1. The highest BCUT2D eigenvalue weighted by Crippen LogP contribution is 2.28. The zero-order chi connectivity index (χ0) is 21.6. The van der Waals surface area contributed by atoms with E-state index in [1.54, 1.807) is 24.6 Å². The molecule has 29 heavy (non-hydrogen) atoms. The van der Waals surface area contributed by atoms with Gasteiger partial charge in [0.05, 0.1) is 11.0 Å². The molecule has 1 heterocycles. The van der Waals surface area contributed by atoms with Gasteiger partial charge in [-0.25, -0.2) is 0 Å². The molecule has 2 rings (SSSR count). The number of hydrogen-bond donors (Lipinski definition) is 1. The van der Waals surface area contributed by atoms with Crippen molar-refractivity contribution in [3.05, 3.63) is 63.2 Å². The topological polar surface area (TPSA) is 87.8 Å². The van der Waals surface area contributed by atoms with Crippen molar-refractivity contribution in [1.29, 1.82) is 0 Å². The van der Waals surface area contributed by atoms with Crippen molar-refractivity contribution in [1.82, 2.24) is 10.2 Å². The molecule has 1 aliphatic rings. The summed E-state index contributed by atoms with van der Waals surface area (Å²) in [5, 5.41) is 13.9. The van der Waals surface area contributed by atoms with Gasteiger partial charge in [-0.3, -0.25) is 19.9 Å². The Hall–Kier alpha value is -2.52. The second-order valence-electron chi connectivity index (χ2n) is 6.94. The highest BCUT2D eigenvalue weighted by atomic mass is 32.2. The number of carbonyl (C=O) groups excluding carboxylic acids is 1. The molecule has 0 aliphatic carbocycles. The largest absolute Gasteiger partial charge is 0.352 e. The van der Waals surface area contributed by atoms with Gasteiger partial charge in [-0.1, -0.05) is 36.1 Å². The average Bonchev–Trinajstić information content (AvgIpc) is 2.86. The molecule has 1 aromatic carbocycles. The number of nitrogens with one attached hydrogen (secondary N) is 1. The molecule has 1 amide bonds. The van der Waals surface area contributed by atoms with Crippen LogP contribution in [0.3, 0.4) is 0 Å². The fourth-order valence-corrected chi connectivity index (χ4v) is 4.68. The lowest BCUT2D eigenvalue weighted by Crippen LogP contribution is -2.40. The van der Waals surface area contributed by atoms with Crippen LogP contribution in [-0.4, -0.2) is 44.4 Å². The number of amides is 1. The van der Waals surface area contributed by atoms with Crippen molar-refractivity contribution in [3.63, 3.8) is 0 Å². The SMILES string of the molecule is CC(C)N(C(=S)SC1=CN=CC=CC1NC(=O)c1cccc([N+](=O)[O-])c1)C(C)C. The first-order chi connectivity index (χ1) is 13.7. The molecule has 0 fully saturated rings. The highest BCUT2D eigenvalue weighted by molar-refractivity contribution is 8.25. The minimum Gasteiger partial charge on any atom is -0.352 e. The fourth-order valence-electron chi connectivity index (χ4n) is 2.87. The quantitative estimate of drug-likeness (QED) is 0.409. The van der Waals surface area contributed by atoms with Gasteiger partial charge in [-0.05, 0) is 39.8 Å². The Morgan fingerprint density at radius 3 is 2.62 bits per heavy atom. The Morgan fingerprint density at radius 1 is 1.31 bits per heavy atom. The molecule has 0 radical (unpaired) electrons. The number of non-ortho nitro benzene ring substituents is 1. The monoisotopic (exact) mass is 432 g/mol.